The Hall–Kier alpha value is -3.66. The fourth-order valence-electron chi connectivity index (χ4n) is 2.85. The van der Waals surface area contributed by atoms with Crippen molar-refractivity contribution in [2.45, 2.75) is 12.1 Å². The third kappa shape index (κ3) is 3.90. The number of fused-ring (bicyclic) bond motifs is 1. The van der Waals surface area contributed by atoms with Gasteiger partial charge >= 0.3 is 5.97 Å². The highest BCUT2D eigenvalue weighted by atomic mass is 32.2. The Kier molecular flexibility index (Phi) is 5.48. The van der Waals surface area contributed by atoms with E-state index in [1.807, 2.05) is 55.5 Å². The molecule has 0 amide bonds. The first-order chi connectivity index (χ1) is 14.6. The van der Waals surface area contributed by atoms with E-state index in [1.165, 1.54) is 18.9 Å². The lowest BCUT2D eigenvalue weighted by Gasteiger charge is -2.07. The summed E-state index contributed by atoms with van der Waals surface area (Å²) < 4.78 is 6.42. The van der Waals surface area contributed by atoms with Crippen molar-refractivity contribution in [2.24, 2.45) is 0 Å². The number of nitrogens with zero attached hydrogens (tertiary/aromatic N) is 5. The maximum Gasteiger partial charge on any atom is 0.345 e. The van der Waals surface area contributed by atoms with Crippen LogP contribution < -0.4 is 0 Å². The number of benzene rings is 2. The highest BCUT2D eigenvalue weighted by Crippen LogP contribution is 2.25. The average Bonchev–Trinajstić information content (AvgIpc) is 3.39. The summed E-state index contributed by atoms with van der Waals surface area (Å²) in [5.41, 5.74) is 3.31. The molecule has 0 aliphatic carbocycles. The highest BCUT2D eigenvalue weighted by molar-refractivity contribution is 7.99. The number of rotatable bonds is 6. The normalized spacial score (nSPS) is 12.1. The topological polar surface area (TPSA) is 119 Å². The second-order valence-electron chi connectivity index (χ2n) is 6.41. The molecule has 0 aliphatic rings. The number of carbonyl (C=O) groups excluding carboxylic acids is 1. The molecule has 10 heteroatoms. The van der Waals surface area contributed by atoms with E-state index in [0.29, 0.717) is 10.7 Å². The van der Waals surface area contributed by atoms with Crippen LogP contribution in [0.15, 0.2) is 59.4 Å². The molecule has 0 bridgehead atoms. The molecule has 0 saturated carbocycles. The summed E-state index contributed by atoms with van der Waals surface area (Å²) in [6, 6.07) is 15.1. The SMILES string of the molecule is COC(=O)C(=C(O)CSc1nnnn1-c1ccc(C)cc1)c1nc2ccccc2[nH]1. The van der Waals surface area contributed by atoms with Gasteiger partial charge in [-0.2, -0.15) is 4.68 Å². The number of hydrogen-bond donors (Lipinski definition) is 2. The first kappa shape index (κ1) is 19.6. The summed E-state index contributed by atoms with van der Waals surface area (Å²) in [6.45, 7) is 1.99. The van der Waals surface area contributed by atoms with Gasteiger partial charge in [-0.05, 0) is 41.6 Å². The number of carbonyl (C=O) groups is 1. The van der Waals surface area contributed by atoms with Crippen LogP contribution in [0.4, 0.5) is 0 Å². The van der Waals surface area contributed by atoms with Crippen molar-refractivity contribution in [3.8, 4) is 5.69 Å². The summed E-state index contributed by atoms with van der Waals surface area (Å²) in [7, 11) is 1.25. The molecule has 2 N–H and O–H groups in total. The third-order valence-corrected chi connectivity index (χ3v) is 5.29. The molecule has 152 valence electrons. The smallest absolute Gasteiger partial charge is 0.345 e. The second kappa shape index (κ2) is 8.37. The average molecular weight is 422 g/mol. The Morgan fingerprint density at radius 1 is 1.20 bits per heavy atom. The number of hydrogen-bond acceptors (Lipinski definition) is 8. The molecule has 9 nitrogen and oxygen atoms in total. The number of aromatic nitrogens is 6. The number of ether oxygens (including phenoxy) is 1. The lowest BCUT2D eigenvalue weighted by Crippen LogP contribution is -2.10. The molecule has 30 heavy (non-hydrogen) atoms. The molecule has 0 spiro atoms. The van der Waals surface area contributed by atoms with E-state index < -0.39 is 5.97 Å². The molecule has 0 saturated heterocycles. The summed E-state index contributed by atoms with van der Waals surface area (Å²) in [4.78, 5) is 19.8. The first-order valence-electron chi connectivity index (χ1n) is 9.00. The van der Waals surface area contributed by atoms with Crippen LogP contribution in [-0.4, -0.2) is 54.1 Å². The maximum absolute atomic E-state index is 12.4. The Balaban J connectivity index is 1.63. The van der Waals surface area contributed by atoms with Crippen LogP contribution in [0.5, 0.6) is 0 Å². The Morgan fingerprint density at radius 3 is 2.70 bits per heavy atom. The molecular weight excluding hydrogens is 404 g/mol. The largest absolute Gasteiger partial charge is 0.510 e. The number of H-pyrrole nitrogens is 1. The number of aryl methyl sites for hydroxylation is 1. The minimum atomic E-state index is -0.690. The van der Waals surface area contributed by atoms with E-state index >= 15 is 0 Å². The zero-order valence-electron chi connectivity index (χ0n) is 16.2. The minimum absolute atomic E-state index is 0.0319. The zero-order chi connectivity index (χ0) is 21.1. The molecule has 2 aromatic heterocycles. The van der Waals surface area contributed by atoms with Gasteiger partial charge in [-0.25, -0.2) is 9.78 Å². The Morgan fingerprint density at radius 2 is 1.97 bits per heavy atom. The predicted molar refractivity (Wildman–Crippen MR) is 112 cm³/mol. The van der Waals surface area contributed by atoms with Gasteiger partial charge < -0.3 is 14.8 Å². The second-order valence-corrected chi connectivity index (χ2v) is 7.36. The number of aromatic amines is 1. The predicted octanol–water partition coefficient (Wildman–Crippen LogP) is 3.08. The van der Waals surface area contributed by atoms with Crippen molar-refractivity contribution in [3.63, 3.8) is 0 Å². The van der Waals surface area contributed by atoms with Crippen molar-refractivity contribution in [1.82, 2.24) is 30.2 Å². The van der Waals surface area contributed by atoms with Crippen molar-refractivity contribution < 1.29 is 14.6 Å². The van der Waals surface area contributed by atoms with Gasteiger partial charge in [0.15, 0.2) is 0 Å². The monoisotopic (exact) mass is 422 g/mol. The minimum Gasteiger partial charge on any atom is -0.510 e. The highest BCUT2D eigenvalue weighted by Gasteiger charge is 2.23. The molecule has 0 radical (unpaired) electrons. The molecule has 2 aromatic carbocycles. The maximum atomic E-state index is 12.4. The molecule has 0 atom stereocenters. The summed E-state index contributed by atoms with van der Waals surface area (Å²) >= 11 is 1.19. The third-order valence-electron chi connectivity index (χ3n) is 4.36. The standard InChI is InChI=1S/C20H18N6O3S/c1-12-7-9-13(10-8-12)26-20(23-24-25-26)30-11-16(27)17(19(28)29-2)18-21-14-5-3-4-6-15(14)22-18/h3-10,27H,11H2,1-2H3,(H,21,22). The first-order valence-corrected chi connectivity index (χ1v) is 9.99. The van der Waals surface area contributed by atoms with Gasteiger partial charge in [-0.1, -0.05) is 41.6 Å². The van der Waals surface area contributed by atoms with Crippen LogP contribution in [0, 0.1) is 6.92 Å². The lowest BCUT2D eigenvalue weighted by molar-refractivity contribution is -0.133. The van der Waals surface area contributed by atoms with Crippen LogP contribution in [0.25, 0.3) is 22.3 Å². The summed E-state index contributed by atoms with van der Waals surface area (Å²) in [6.07, 6.45) is 0. The number of para-hydroxylation sites is 2. The number of nitrogens with one attached hydrogen (secondary N) is 1. The molecule has 2 heterocycles. The van der Waals surface area contributed by atoms with Crippen LogP contribution >= 0.6 is 11.8 Å². The number of imidazole rings is 1. The number of aliphatic hydroxyl groups is 1. The molecule has 0 aliphatic heterocycles. The van der Waals surface area contributed by atoms with E-state index in [-0.39, 0.29) is 22.9 Å². The molecule has 0 fully saturated rings. The van der Waals surface area contributed by atoms with Gasteiger partial charge in [0.25, 0.3) is 0 Å². The van der Waals surface area contributed by atoms with Crippen LogP contribution in [0.2, 0.25) is 0 Å². The fraction of sp³-hybridized carbons (Fsp3) is 0.150. The molecular formula is C20H18N6O3S. The molecule has 4 rings (SSSR count). The van der Waals surface area contributed by atoms with Crippen molar-refractivity contribution in [1.29, 1.82) is 0 Å². The van der Waals surface area contributed by atoms with E-state index in [4.69, 9.17) is 4.74 Å². The van der Waals surface area contributed by atoms with Crippen LogP contribution in [0.1, 0.15) is 11.4 Å². The zero-order valence-corrected chi connectivity index (χ0v) is 17.1. The van der Waals surface area contributed by atoms with Crippen LogP contribution in [0.3, 0.4) is 0 Å². The fourth-order valence-corrected chi connectivity index (χ4v) is 3.62. The summed E-state index contributed by atoms with van der Waals surface area (Å²) in [5, 5.41) is 22.9. The van der Waals surface area contributed by atoms with Gasteiger partial charge in [-0.3, -0.25) is 0 Å². The van der Waals surface area contributed by atoms with E-state index in [0.717, 1.165) is 16.8 Å². The van der Waals surface area contributed by atoms with Crippen molar-refractivity contribution in [3.05, 3.63) is 65.7 Å². The van der Waals surface area contributed by atoms with Crippen molar-refractivity contribution in [2.75, 3.05) is 12.9 Å². The number of aliphatic hydroxyl groups excluding tert-OH is 1. The summed E-state index contributed by atoms with van der Waals surface area (Å²) in [5.74, 6) is -0.595. The lowest BCUT2D eigenvalue weighted by atomic mass is 10.2. The van der Waals surface area contributed by atoms with Gasteiger partial charge in [-0.15, -0.1) is 5.10 Å². The number of esters is 1. The Labute approximate surface area is 175 Å². The number of methoxy groups -OCH3 is 1. The quantitative estimate of drug-likeness (QED) is 0.211. The van der Waals surface area contributed by atoms with Gasteiger partial charge in [0.1, 0.15) is 17.2 Å². The van der Waals surface area contributed by atoms with E-state index in [2.05, 4.69) is 25.5 Å². The molecule has 4 aromatic rings. The van der Waals surface area contributed by atoms with Gasteiger partial charge in [0.05, 0.1) is 29.6 Å². The van der Waals surface area contributed by atoms with Crippen LogP contribution in [-0.2, 0) is 9.53 Å². The number of tetrazole rings is 1. The van der Waals surface area contributed by atoms with E-state index in [9.17, 15) is 9.90 Å². The van der Waals surface area contributed by atoms with Gasteiger partial charge in [0, 0.05) is 0 Å². The van der Waals surface area contributed by atoms with E-state index in [1.54, 1.807) is 4.68 Å². The Bertz CT molecular complexity index is 1200. The number of thioether (sulfide) groups is 1. The van der Waals surface area contributed by atoms with Crippen molar-refractivity contribution >= 4 is 34.3 Å². The molecule has 0 unspecified atom stereocenters. The van der Waals surface area contributed by atoms with Gasteiger partial charge in [0.2, 0.25) is 5.16 Å².